The molecule has 0 fully saturated rings. The highest BCUT2D eigenvalue weighted by Crippen LogP contribution is 2.27. The molecular weight excluding hydrogens is 326 g/mol. The lowest BCUT2D eigenvalue weighted by Gasteiger charge is -2.19. The molecule has 0 radical (unpaired) electrons. The third-order valence-electron chi connectivity index (χ3n) is 3.96. The number of para-hydroxylation sites is 1. The number of sulfonamides is 1. The van der Waals surface area contributed by atoms with Gasteiger partial charge in [0, 0.05) is 12.1 Å². The van der Waals surface area contributed by atoms with E-state index in [4.69, 9.17) is 4.74 Å². The molecule has 1 aliphatic rings. The van der Waals surface area contributed by atoms with Crippen LogP contribution in [0, 0.1) is 6.92 Å². The highest BCUT2D eigenvalue weighted by molar-refractivity contribution is 7.93. The molecule has 0 spiro atoms. The number of hydrogen-bond donors (Lipinski definition) is 2. The van der Waals surface area contributed by atoms with E-state index in [2.05, 4.69) is 4.72 Å². The van der Waals surface area contributed by atoms with Crippen molar-refractivity contribution in [1.82, 2.24) is 4.72 Å². The van der Waals surface area contributed by atoms with Crippen molar-refractivity contribution in [2.45, 2.75) is 13.0 Å². The SMILES string of the molecule is Cc1ccccc1[C@@H](O)CNS(=O)(=O)C1=Cc2ccccc2OC1. The molecule has 0 aliphatic carbocycles. The summed E-state index contributed by atoms with van der Waals surface area (Å²) in [6.07, 6.45) is 0.694. The second kappa shape index (κ2) is 6.76. The maximum atomic E-state index is 12.4. The Bertz CT molecular complexity index is 874. The van der Waals surface area contributed by atoms with Crippen molar-refractivity contribution in [3.63, 3.8) is 0 Å². The molecule has 1 atom stereocenters. The molecule has 24 heavy (non-hydrogen) atoms. The lowest BCUT2D eigenvalue weighted by atomic mass is 10.0. The summed E-state index contributed by atoms with van der Waals surface area (Å²) in [5.74, 6) is 0.663. The van der Waals surface area contributed by atoms with E-state index in [9.17, 15) is 13.5 Å². The highest BCUT2D eigenvalue weighted by atomic mass is 32.2. The molecule has 0 saturated heterocycles. The monoisotopic (exact) mass is 345 g/mol. The summed E-state index contributed by atoms with van der Waals surface area (Å²) in [6.45, 7) is 1.76. The zero-order valence-corrected chi connectivity index (χ0v) is 14.1. The second-order valence-electron chi connectivity index (χ2n) is 5.66. The topological polar surface area (TPSA) is 75.6 Å². The van der Waals surface area contributed by atoms with E-state index >= 15 is 0 Å². The largest absolute Gasteiger partial charge is 0.487 e. The van der Waals surface area contributed by atoms with Gasteiger partial charge in [0.15, 0.2) is 0 Å². The Kier molecular flexibility index (Phi) is 4.71. The minimum Gasteiger partial charge on any atom is -0.487 e. The van der Waals surface area contributed by atoms with Gasteiger partial charge in [0.05, 0.1) is 11.0 Å². The maximum Gasteiger partial charge on any atom is 0.240 e. The first-order chi connectivity index (χ1) is 11.5. The third-order valence-corrected chi connectivity index (χ3v) is 5.44. The Morgan fingerprint density at radius 3 is 2.67 bits per heavy atom. The van der Waals surface area contributed by atoms with Crippen molar-refractivity contribution >= 4 is 16.1 Å². The number of rotatable bonds is 5. The van der Waals surface area contributed by atoms with E-state index in [1.807, 2.05) is 37.3 Å². The van der Waals surface area contributed by atoms with E-state index in [1.165, 1.54) is 0 Å². The van der Waals surface area contributed by atoms with Gasteiger partial charge in [-0.25, -0.2) is 13.1 Å². The summed E-state index contributed by atoms with van der Waals surface area (Å²) in [5, 5.41) is 10.2. The standard InChI is InChI=1S/C18H19NO4S/c1-13-6-2-4-8-16(13)17(20)11-19-24(21,22)15-10-14-7-3-5-9-18(14)23-12-15/h2-10,17,19-20H,11-12H2,1H3/t17-/m0/s1. The van der Waals surface area contributed by atoms with Crippen LogP contribution in [0.1, 0.15) is 22.8 Å². The lowest BCUT2D eigenvalue weighted by molar-refractivity contribution is 0.181. The molecule has 0 saturated carbocycles. The number of aliphatic hydroxyl groups excluding tert-OH is 1. The minimum atomic E-state index is -3.72. The van der Waals surface area contributed by atoms with Crippen LogP contribution >= 0.6 is 0 Å². The summed E-state index contributed by atoms with van der Waals surface area (Å²) in [4.78, 5) is 0.151. The van der Waals surface area contributed by atoms with Crippen LogP contribution in [-0.2, 0) is 10.0 Å². The molecule has 2 aromatic carbocycles. The fourth-order valence-corrected chi connectivity index (χ4v) is 3.66. The van der Waals surface area contributed by atoms with Crippen molar-refractivity contribution in [3.8, 4) is 5.75 Å². The molecule has 2 N–H and O–H groups in total. The van der Waals surface area contributed by atoms with Crippen LogP contribution in [0.2, 0.25) is 0 Å². The molecule has 5 nitrogen and oxygen atoms in total. The number of fused-ring (bicyclic) bond motifs is 1. The van der Waals surface area contributed by atoms with E-state index in [0.29, 0.717) is 11.3 Å². The molecular formula is C18H19NO4S. The van der Waals surface area contributed by atoms with Gasteiger partial charge in [-0.2, -0.15) is 0 Å². The van der Waals surface area contributed by atoms with Crippen molar-refractivity contribution in [2.24, 2.45) is 0 Å². The first-order valence-corrected chi connectivity index (χ1v) is 9.11. The molecule has 3 rings (SSSR count). The van der Waals surface area contributed by atoms with Gasteiger partial charge in [0.2, 0.25) is 10.0 Å². The lowest BCUT2D eigenvalue weighted by Crippen LogP contribution is -2.32. The van der Waals surface area contributed by atoms with Gasteiger partial charge < -0.3 is 9.84 Å². The normalized spacial score (nSPS) is 15.2. The van der Waals surface area contributed by atoms with Crippen LogP contribution in [0.3, 0.4) is 0 Å². The predicted molar refractivity (Wildman–Crippen MR) is 93.0 cm³/mol. The first kappa shape index (κ1) is 16.7. The smallest absolute Gasteiger partial charge is 0.240 e. The van der Waals surface area contributed by atoms with Crippen LogP contribution in [0.5, 0.6) is 5.75 Å². The van der Waals surface area contributed by atoms with E-state index < -0.39 is 16.1 Å². The zero-order chi connectivity index (χ0) is 17.2. The number of aliphatic hydroxyl groups is 1. The fourth-order valence-electron chi connectivity index (χ4n) is 2.60. The van der Waals surface area contributed by atoms with Crippen LogP contribution in [-0.4, -0.2) is 26.7 Å². The molecule has 0 bridgehead atoms. The third kappa shape index (κ3) is 3.51. The number of aryl methyl sites for hydroxylation is 1. The van der Waals surface area contributed by atoms with Crippen molar-refractivity contribution in [1.29, 1.82) is 0 Å². The Morgan fingerprint density at radius 2 is 1.88 bits per heavy atom. The van der Waals surface area contributed by atoms with Gasteiger partial charge in [-0.05, 0) is 30.2 Å². The molecule has 126 valence electrons. The van der Waals surface area contributed by atoms with Crippen LogP contribution < -0.4 is 9.46 Å². The summed E-state index contributed by atoms with van der Waals surface area (Å²) in [6, 6.07) is 14.6. The minimum absolute atomic E-state index is 0.0210. The van der Waals surface area contributed by atoms with Gasteiger partial charge in [-0.15, -0.1) is 0 Å². The molecule has 1 aliphatic heterocycles. The van der Waals surface area contributed by atoms with Crippen LogP contribution in [0.25, 0.3) is 6.08 Å². The van der Waals surface area contributed by atoms with Gasteiger partial charge in [-0.3, -0.25) is 0 Å². The van der Waals surface area contributed by atoms with Crippen molar-refractivity contribution in [3.05, 3.63) is 70.1 Å². The zero-order valence-electron chi connectivity index (χ0n) is 13.3. The van der Waals surface area contributed by atoms with E-state index in [-0.39, 0.29) is 18.1 Å². The summed E-state index contributed by atoms with van der Waals surface area (Å²) in [5.41, 5.74) is 2.35. The molecule has 0 amide bonds. The van der Waals surface area contributed by atoms with Gasteiger partial charge in [0.25, 0.3) is 0 Å². The number of hydrogen-bond acceptors (Lipinski definition) is 4. The van der Waals surface area contributed by atoms with Gasteiger partial charge in [0.1, 0.15) is 12.4 Å². The Hall–Kier alpha value is -2.15. The molecule has 2 aromatic rings. The van der Waals surface area contributed by atoms with Gasteiger partial charge >= 0.3 is 0 Å². The summed E-state index contributed by atoms with van der Waals surface area (Å²) < 4.78 is 32.8. The van der Waals surface area contributed by atoms with E-state index in [0.717, 1.165) is 11.1 Å². The Balaban J connectivity index is 1.73. The maximum absolute atomic E-state index is 12.4. The average Bonchev–Trinajstić information content (AvgIpc) is 2.60. The van der Waals surface area contributed by atoms with Crippen molar-refractivity contribution in [2.75, 3.05) is 13.2 Å². The summed E-state index contributed by atoms with van der Waals surface area (Å²) in [7, 11) is -3.72. The predicted octanol–water partition coefficient (Wildman–Crippen LogP) is 2.38. The van der Waals surface area contributed by atoms with Crippen LogP contribution in [0.15, 0.2) is 53.4 Å². The average molecular weight is 345 g/mol. The second-order valence-corrected chi connectivity index (χ2v) is 7.48. The van der Waals surface area contributed by atoms with Crippen molar-refractivity contribution < 1.29 is 18.3 Å². The fraction of sp³-hybridized carbons (Fsp3) is 0.222. The van der Waals surface area contributed by atoms with E-state index in [1.54, 1.807) is 24.3 Å². The number of ether oxygens (including phenoxy) is 1. The quantitative estimate of drug-likeness (QED) is 0.872. The molecule has 0 unspecified atom stereocenters. The highest BCUT2D eigenvalue weighted by Gasteiger charge is 2.23. The first-order valence-electron chi connectivity index (χ1n) is 7.63. The Labute approximate surface area is 141 Å². The number of benzene rings is 2. The molecule has 0 aromatic heterocycles. The Morgan fingerprint density at radius 1 is 1.17 bits per heavy atom. The molecule has 1 heterocycles. The summed E-state index contributed by atoms with van der Waals surface area (Å²) >= 11 is 0. The number of nitrogens with one attached hydrogen (secondary N) is 1. The van der Waals surface area contributed by atoms with Gasteiger partial charge in [-0.1, -0.05) is 42.5 Å². The van der Waals surface area contributed by atoms with Crippen LogP contribution in [0.4, 0.5) is 0 Å². The molecule has 6 heteroatoms.